The molecule has 23 heavy (non-hydrogen) atoms. The first-order chi connectivity index (χ1) is 11.1. The Morgan fingerprint density at radius 3 is 2.65 bits per heavy atom. The number of nitrogens with zero attached hydrogens (tertiary/aromatic N) is 2. The number of rotatable bonds is 4. The number of hydrogen-bond acceptors (Lipinski definition) is 4. The van der Waals surface area contributed by atoms with Gasteiger partial charge in [-0.3, -0.25) is 4.79 Å². The summed E-state index contributed by atoms with van der Waals surface area (Å²) in [6, 6.07) is 14.6. The number of hydrogen-bond donors (Lipinski definition) is 1. The molecule has 0 aliphatic rings. The lowest BCUT2D eigenvalue weighted by Crippen LogP contribution is -2.22. The molecule has 3 aromatic rings. The lowest BCUT2D eigenvalue weighted by Gasteiger charge is -2.07. The molecule has 2 aromatic carbocycles. The van der Waals surface area contributed by atoms with Crippen molar-refractivity contribution in [2.24, 2.45) is 0 Å². The van der Waals surface area contributed by atoms with Crippen LogP contribution in [0.4, 0.5) is 0 Å². The van der Waals surface area contributed by atoms with Gasteiger partial charge in [0.15, 0.2) is 0 Å². The van der Waals surface area contributed by atoms with Crippen LogP contribution >= 0.6 is 34.7 Å². The number of halogens is 2. The van der Waals surface area contributed by atoms with E-state index < -0.39 is 0 Å². The van der Waals surface area contributed by atoms with Crippen LogP contribution in [-0.4, -0.2) is 15.5 Å². The molecule has 4 nitrogen and oxygen atoms in total. The van der Waals surface area contributed by atoms with Crippen LogP contribution in [0.5, 0.6) is 0 Å². The van der Waals surface area contributed by atoms with E-state index in [-0.39, 0.29) is 5.91 Å². The first-order valence-electron chi connectivity index (χ1n) is 6.75. The predicted molar refractivity (Wildman–Crippen MR) is 93.0 cm³/mol. The highest BCUT2D eigenvalue weighted by atomic mass is 35.5. The topological polar surface area (TPSA) is 54.9 Å². The van der Waals surface area contributed by atoms with Gasteiger partial charge >= 0.3 is 0 Å². The van der Waals surface area contributed by atoms with E-state index in [0.717, 1.165) is 22.7 Å². The van der Waals surface area contributed by atoms with Gasteiger partial charge in [-0.2, -0.15) is 0 Å². The van der Waals surface area contributed by atoms with Crippen molar-refractivity contribution >= 4 is 40.6 Å². The highest BCUT2D eigenvalue weighted by Gasteiger charge is 2.17. The number of carbonyl (C=O) groups excluding carboxylic acids is 1. The minimum absolute atomic E-state index is 0.232. The Kier molecular flexibility index (Phi) is 4.91. The van der Waals surface area contributed by atoms with Crippen LogP contribution in [0, 0.1) is 0 Å². The van der Waals surface area contributed by atoms with Crippen molar-refractivity contribution in [3.8, 4) is 11.3 Å². The van der Waals surface area contributed by atoms with Crippen LogP contribution in [-0.2, 0) is 6.54 Å². The van der Waals surface area contributed by atoms with E-state index in [2.05, 4.69) is 14.9 Å². The summed E-state index contributed by atoms with van der Waals surface area (Å²) in [6.07, 6.45) is 0. The Morgan fingerprint density at radius 1 is 1.13 bits per heavy atom. The molecule has 0 unspecified atom stereocenters. The molecule has 1 N–H and O–H groups in total. The van der Waals surface area contributed by atoms with Crippen LogP contribution in [0.3, 0.4) is 0 Å². The first kappa shape index (κ1) is 15.9. The monoisotopic (exact) mass is 363 g/mol. The fourth-order valence-corrected chi connectivity index (χ4v) is 3.13. The molecule has 1 amide bonds. The van der Waals surface area contributed by atoms with Crippen LogP contribution in [0.2, 0.25) is 10.0 Å². The molecule has 0 radical (unpaired) electrons. The van der Waals surface area contributed by atoms with Gasteiger partial charge in [0.25, 0.3) is 5.91 Å². The van der Waals surface area contributed by atoms with Gasteiger partial charge in [0.1, 0.15) is 10.6 Å². The van der Waals surface area contributed by atoms with Crippen LogP contribution in [0.1, 0.15) is 15.2 Å². The maximum absolute atomic E-state index is 12.4. The van der Waals surface area contributed by atoms with Crippen LogP contribution in [0.25, 0.3) is 11.3 Å². The molecule has 0 spiro atoms. The quantitative estimate of drug-likeness (QED) is 0.745. The Morgan fingerprint density at radius 2 is 1.91 bits per heavy atom. The summed E-state index contributed by atoms with van der Waals surface area (Å²) in [6.45, 7) is 0.307. The van der Waals surface area contributed by atoms with E-state index in [1.165, 1.54) is 0 Å². The van der Waals surface area contributed by atoms with Gasteiger partial charge in [0, 0.05) is 22.2 Å². The lowest BCUT2D eigenvalue weighted by molar-refractivity contribution is 0.0955. The van der Waals surface area contributed by atoms with Gasteiger partial charge in [-0.05, 0) is 29.2 Å². The van der Waals surface area contributed by atoms with E-state index in [1.54, 1.807) is 18.2 Å². The van der Waals surface area contributed by atoms with Crippen molar-refractivity contribution in [3.05, 3.63) is 69.0 Å². The van der Waals surface area contributed by atoms with E-state index in [9.17, 15) is 4.79 Å². The third-order valence-corrected chi connectivity index (χ3v) is 4.51. The summed E-state index contributed by atoms with van der Waals surface area (Å²) in [7, 11) is 0. The van der Waals surface area contributed by atoms with Gasteiger partial charge < -0.3 is 5.32 Å². The molecule has 0 saturated heterocycles. The number of amides is 1. The largest absolute Gasteiger partial charge is 0.347 e. The normalized spacial score (nSPS) is 10.5. The molecular formula is C16H11Cl2N3OS. The smallest absolute Gasteiger partial charge is 0.265 e. The molecular weight excluding hydrogens is 353 g/mol. The van der Waals surface area contributed by atoms with Crippen LogP contribution < -0.4 is 5.32 Å². The van der Waals surface area contributed by atoms with E-state index in [0.29, 0.717) is 27.2 Å². The molecule has 0 aliphatic carbocycles. The molecule has 0 bridgehead atoms. The Balaban J connectivity index is 1.76. The minimum Gasteiger partial charge on any atom is -0.347 e. The van der Waals surface area contributed by atoms with Crippen molar-refractivity contribution in [2.75, 3.05) is 0 Å². The van der Waals surface area contributed by atoms with Crippen molar-refractivity contribution in [1.82, 2.24) is 14.9 Å². The Hall–Kier alpha value is -1.95. The van der Waals surface area contributed by atoms with Crippen LogP contribution in [0.15, 0.2) is 48.5 Å². The zero-order valence-corrected chi connectivity index (χ0v) is 14.1. The van der Waals surface area contributed by atoms with Gasteiger partial charge in [-0.1, -0.05) is 64.1 Å². The van der Waals surface area contributed by atoms with Gasteiger partial charge in [0.05, 0.1) is 0 Å². The number of nitrogens with one attached hydrogen (secondary N) is 1. The SMILES string of the molecule is O=C(NCc1ccc(Cl)cc1Cl)c1snnc1-c1ccccc1. The lowest BCUT2D eigenvalue weighted by atomic mass is 10.1. The molecule has 1 heterocycles. The summed E-state index contributed by atoms with van der Waals surface area (Å²) in [5.41, 5.74) is 2.23. The Labute approximate surface area is 147 Å². The third kappa shape index (κ3) is 3.69. The summed E-state index contributed by atoms with van der Waals surface area (Å²) < 4.78 is 3.89. The second-order valence-corrected chi connectivity index (χ2v) is 6.33. The average Bonchev–Trinajstić information content (AvgIpc) is 3.04. The van der Waals surface area contributed by atoms with Gasteiger partial charge in [-0.15, -0.1) is 5.10 Å². The molecule has 0 saturated carbocycles. The summed E-state index contributed by atoms with van der Waals surface area (Å²) in [5.74, 6) is -0.232. The molecule has 0 aliphatic heterocycles. The fourth-order valence-electron chi connectivity index (χ4n) is 2.05. The number of benzene rings is 2. The maximum Gasteiger partial charge on any atom is 0.265 e. The van der Waals surface area contributed by atoms with Crippen molar-refractivity contribution in [1.29, 1.82) is 0 Å². The fraction of sp³-hybridized carbons (Fsp3) is 0.0625. The molecule has 116 valence electrons. The second-order valence-electron chi connectivity index (χ2n) is 4.74. The second kappa shape index (κ2) is 7.08. The molecule has 3 rings (SSSR count). The maximum atomic E-state index is 12.4. The molecule has 1 aromatic heterocycles. The van der Waals surface area contributed by atoms with Crippen molar-refractivity contribution < 1.29 is 4.79 Å². The van der Waals surface area contributed by atoms with E-state index in [4.69, 9.17) is 23.2 Å². The van der Waals surface area contributed by atoms with Gasteiger partial charge in [0.2, 0.25) is 0 Å². The van der Waals surface area contributed by atoms with Gasteiger partial charge in [-0.25, -0.2) is 0 Å². The summed E-state index contributed by atoms with van der Waals surface area (Å²) in [5, 5.41) is 7.97. The zero-order chi connectivity index (χ0) is 16.2. The Bertz CT molecular complexity index is 836. The highest BCUT2D eigenvalue weighted by molar-refractivity contribution is 7.08. The van der Waals surface area contributed by atoms with Crippen molar-refractivity contribution in [2.45, 2.75) is 6.54 Å². The summed E-state index contributed by atoms with van der Waals surface area (Å²) in [4.78, 5) is 12.9. The first-order valence-corrected chi connectivity index (χ1v) is 8.28. The number of carbonyl (C=O) groups is 1. The van der Waals surface area contributed by atoms with E-state index >= 15 is 0 Å². The minimum atomic E-state index is -0.232. The zero-order valence-electron chi connectivity index (χ0n) is 11.8. The molecule has 0 fully saturated rings. The predicted octanol–water partition coefficient (Wildman–Crippen LogP) is 4.44. The average molecular weight is 364 g/mol. The summed E-state index contributed by atoms with van der Waals surface area (Å²) >= 11 is 13.0. The van der Waals surface area contributed by atoms with E-state index in [1.807, 2.05) is 30.3 Å². The molecule has 0 atom stereocenters. The number of aromatic nitrogens is 2. The molecule has 7 heteroatoms. The highest BCUT2D eigenvalue weighted by Crippen LogP contribution is 2.24. The standard InChI is InChI=1S/C16H11Cl2N3OS/c17-12-7-6-11(13(18)8-12)9-19-16(22)15-14(20-21-23-15)10-4-2-1-3-5-10/h1-8H,9H2,(H,19,22). The van der Waals surface area contributed by atoms with Crippen molar-refractivity contribution in [3.63, 3.8) is 0 Å². The third-order valence-electron chi connectivity index (χ3n) is 3.20.